The minimum Gasteiger partial charge on any atom is -0.508 e. The molecule has 1 aromatic heterocycles. The summed E-state index contributed by atoms with van der Waals surface area (Å²) >= 11 is 0. The minimum atomic E-state index is -1.57. The largest absolute Gasteiger partial charge is 0.508 e. The van der Waals surface area contributed by atoms with Gasteiger partial charge in [0.05, 0.1) is 12.0 Å². The van der Waals surface area contributed by atoms with Crippen LogP contribution in [0.2, 0.25) is 0 Å². The summed E-state index contributed by atoms with van der Waals surface area (Å²) in [5, 5.41) is 48.9. The number of aromatic hydroxyl groups is 1. The highest BCUT2D eigenvalue weighted by Gasteiger charge is 2.44. The molecule has 1 saturated heterocycles. The first kappa shape index (κ1) is 20.3. The van der Waals surface area contributed by atoms with Crippen LogP contribution < -0.4 is 10.2 Å². The van der Waals surface area contributed by atoms with Gasteiger partial charge in [0.2, 0.25) is 6.29 Å². The maximum atomic E-state index is 12.5. The number of fused-ring (bicyclic) bond motifs is 1. The molecule has 1 aliphatic rings. The van der Waals surface area contributed by atoms with Gasteiger partial charge in [0.15, 0.2) is 5.43 Å². The molecule has 0 spiro atoms. The molecule has 0 saturated carbocycles. The molecule has 3 aromatic rings. The molecule has 0 aliphatic carbocycles. The fraction of sp³-hybridized carbons (Fsp3) is 0.286. The van der Waals surface area contributed by atoms with Crippen LogP contribution in [0, 0.1) is 0 Å². The van der Waals surface area contributed by atoms with Crippen LogP contribution in [0.3, 0.4) is 0 Å². The molecule has 158 valence electrons. The number of benzene rings is 2. The van der Waals surface area contributed by atoms with Gasteiger partial charge in [-0.15, -0.1) is 0 Å². The van der Waals surface area contributed by atoms with Crippen LogP contribution in [0.4, 0.5) is 0 Å². The number of hydrogen-bond acceptors (Lipinski definition) is 9. The normalized spacial score (nSPS) is 26.6. The van der Waals surface area contributed by atoms with E-state index in [9.17, 15) is 30.3 Å². The van der Waals surface area contributed by atoms with Crippen molar-refractivity contribution < 1.29 is 39.4 Å². The van der Waals surface area contributed by atoms with Crippen molar-refractivity contribution in [2.45, 2.75) is 30.7 Å². The van der Waals surface area contributed by atoms with E-state index >= 15 is 0 Å². The van der Waals surface area contributed by atoms with E-state index in [1.165, 1.54) is 36.4 Å². The maximum Gasteiger partial charge on any atom is 0.229 e. The Kier molecular flexibility index (Phi) is 5.46. The summed E-state index contributed by atoms with van der Waals surface area (Å²) < 4.78 is 16.7. The van der Waals surface area contributed by atoms with Gasteiger partial charge in [0, 0.05) is 17.7 Å². The standard InChI is InChI=1S/C21H20O9/c22-9-17-18(25)19(26)20(27)21(30-17)28-12-5-6-13-14(24)8-15(29-16(13)7-12)10-1-3-11(23)4-2-10/h1-8,17-23,25-27H,9H2. The second-order valence-electron chi connectivity index (χ2n) is 6.99. The van der Waals surface area contributed by atoms with Crippen molar-refractivity contribution in [2.75, 3.05) is 6.61 Å². The molecular formula is C21H20O9. The second kappa shape index (κ2) is 8.05. The van der Waals surface area contributed by atoms with Crippen LogP contribution in [0.25, 0.3) is 22.3 Å². The molecule has 5 unspecified atom stereocenters. The monoisotopic (exact) mass is 416 g/mol. The molecule has 5 N–H and O–H groups in total. The number of hydrogen-bond donors (Lipinski definition) is 5. The first-order valence-corrected chi connectivity index (χ1v) is 9.22. The smallest absolute Gasteiger partial charge is 0.229 e. The van der Waals surface area contributed by atoms with E-state index in [1.807, 2.05) is 0 Å². The fourth-order valence-corrected chi connectivity index (χ4v) is 3.28. The fourth-order valence-electron chi connectivity index (χ4n) is 3.28. The van der Waals surface area contributed by atoms with Gasteiger partial charge < -0.3 is 39.4 Å². The van der Waals surface area contributed by atoms with Gasteiger partial charge in [-0.2, -0.15) is 0 Å². The maximum absolute atomic E-state index is 12.5. The van der Waals surface area contributed by atoms with Crippen molar-refractivity contribution in [1.29, 1.82) is 0 Å². The highest BCUT2D eigenvalue weighted by molar-refractivity contribution is 5.80. The molecule has 2 aromatic carbocycles. The van der Waals surface area contributed by atoms with Gasteiger partial charge in [0.25, 0.3) is 0 Å². The van der Waals surface area contributed by atoms with E-state index in [2.05, 4.69) is 0 Å². The van der Waals surface area contributed by atoms with Crippen LogP contribution in [0.5, 0.6) is 11.5 Å². The molecule has 0 bridgehead atoms. The van der Waals surface area contributed by atoms with E-state index < -0.39 is 37.3 Å². The lowest BCUT2D eigenvalue weighted by Gasteiger charge is -2.39. The summed E-state index contributed by atoms with van der Waals surface area (Å²) in [5.41, 5.74) is 0.526. The van der Waals surface area contributed by atoms with E-state index in [-0.39, 0.29) is 28.3 Å². The third kappa shape index (κ3) is 3.76. The third-order valence-corrected chi connectivity index (χ3v) is 4.95. The summed E-state index contributed by atoms with van der Waals surface area (Å²) in [5.74, 6) is 0.549. The van der Waals surface area contributed by atoms with Gasteiger partial charge in [-0.05, 0) is 36.4 Å². The van der Waals surface area contributed by atoms with Crippen molar-refractivity contribution in [3.05, 3.63) is 58.8 Å². The van der Waals surface area contributed by atoms with Gasteiger partial charge in [-0.1, -0.05) is 0 Å². The summed E-state index contributed by atoms with van der Waals surface area (Å²) in [6.45, 7) is -0.576. The molecule has 1 fully saturated rings. The SMILES string of the molecule is O=c1cc(-c2ccc(O)cc2)oc2cc(OC3OC(CO)C(O)C(O)C3O)ccc12. The topological polar surface area (TPSA) is 150 Å². The Labute approximate surface area is 170 Å². The van der Waals surface area contributed by atoms with Crippen LogP contribution in [0.1, 0.15) is 0 Å². The van der Waals surface area contributed by atoms with Gasteiger partial charge in [-0.3, -0.25) is 4.79 Å². The van der Waals surface area contributed by atoms with Crippen molar-refractivity contribution >= 4 is 11.0 Å². The molecule has 2 heterocycles. The molecule has 9 nitrogen and oxygen atoms in total. The summed E-state index contributed by atoms with van der Waals surface area (Å²) in [6.07, 6.45) is -7.08. The van der Waals surface area contributed by atoms with E-state index in [1.54, 1.807) is 12.1 Å². The minimum absolute atomic E-state index is 0.0806. The zero-order valence-corrected chi connectivity index (χ0v) is 15.6. The molecule has 0 amide bonds. The Morgan fingerprint density at radius 2 is 1.67 bits per heavy atom. The van der Waals surface area contributed by atoms with Crippen LogP contribution in [-0.2, 0) is 4.74 Å². The molecule has 9 heteroatoms. The summed E-state index contributed by atoms with van der Waals surface area (Å²) in [7, 11) is 0. The molecule has 0 radical (unpaired) electrons. The molecule has 30 heavy (non-hydrogen) atoms. The molecule has 4 rings (SSSR count). The van der Waals surface area contributed by atoms with Crippen LogP contribution in [0.15, 0.2) is 57.7 Å². The average molecular weight is 416 g/mol. The molecule has 5 atom stereocenters. The second-order valence-corrected chi connectivity index (χ2v) is 6.99. The number of phenolic OH excluding ortho intramolecular Hbond substituents is 1. The lowest BCUT2D eigenvalue weighted by molar-refractivity contribution is -0.277. The predicted octanol–water partition coefficient (Wildman–Crippen LogP) is 0.344. The average Bonchev–Trinajstić information content (AvgIpc) is 2.74. The van der Waals surface area contributed by atoms with Crippen molar-refractivity contribution in [3.63, 3.8) is 0 Å². The molecule has 1 aliphatic heterocycles. The number of rotatable bonds is 4. The highest BCUT2D eigenvalue weighted by Crippen LogP contribution is 2.28. The van der Waals surface area contributed by atoms with E-state index in [4.69, 9.17) is 13.9 Å². The van der Waals surface area contributed by atoms with Gasteiger partial charge in [0.1, 0.15) is 47.3 Å². The Balaban J connectivity index is 1.65. The zero-order valence-electron chi connectivity index (χ0n) is 15.6. The third-order valence-electron chi connectivity index (χ3n) is 4.95. The summed E-state index contributed by atoms with van der Waals surface area (Å²) in [4.78, 5) is 12.5. The quantitative estimate of drug-likeness (QED) is 0.406. The van der Waals surface area contributed by atoms with Crippen molar-refractivity contribution in [3.8, 4) is 22.8 Å². The lowest BCUT2D eigenvalue weighted by atomic mass is 9.99. The van der Waals surface area contributed by atoms with E-state index in [0.717, 1.165) is 0 Å². The highest BCUT2D eigenvalue weighted by atomic mass is 16.7. The molecular weight excluding hydrogens is 396 g/mol. The van der Waals surface area contributed by atoms with Gasteiger partial charge >= 0.3 is 0 Å². The Bertz CT molecular complexity index is 1090. The first-order valence-electron chi connectivity index (χ1n) is 9.22. The Hall–Kier alpha value is -2.95. The Morgan fingerprint density at radius 3 is 2.37 bits per heavy atom. The Morgan fingerprint density at radius 1 is 0.933 bits per heavy atom. The number of phenols is 1. The number of aliphatic hydroxyl groups is 4. The number of ether oxygens (including phenoxy) is 2. The van der Waals surface area contributed by atoms with E-state index in [0.29, 0.717) is 10.9 Å². The van der Waals surface area contributed by atoms with Crippen LogP contribution >= 0.6 is 0 Å². The summed E-state index contributed by atoms with van der Waals surface area (Å²) in [6, 6.07) is 11.9. The predicted molar refractivity (Wildman–Crippen MR) is 104 cm³/mol. The zero-order chi connectivity index (χ0) is 21.4. The lowest BCUT2D eigenvalue weighted by Crippen LogP contribution is -2.60. The van der Waals surface area contributed by atoms with Crippen molar-refractivity contribution in [1.82, 2.24) is 0 Å². The van der Waals surface area contributed by atoms with Crippen molar-refractivity contribution in [2.24, 2.45) is 0 Å². The number of aliphatic hydroxyl groups excluding tert-OH is 4. The van der Waals surface area contributed by atoms with Crippen LogP contribution in [-0.4, -0.2) is 62.8 Å². The first-order chi connectivity index (χ1) is 14.4. The van der Waals surface area contributed by atoms with Gasteiger partial charge in [-0.25, -0.2) is 0 Å².